The molecule has 17 heteroatoms. The van der Waals surface area contributed by atoms with Gasteiger partial charge in [0.1, 0.15) is 11.5 Å². The molecule has 0 spiro atoms. The minimum atomic E-state index is -8.47. The third-order valence-electron chi connectivity index (χ3n) is 5.27. The van der Waals surface area contributed by atoms with Crippen molar-refractivity contribution in [3.8, 4) is 11.5 Å². The number of aromatic hydroxyl groups is 1. The number of hydrogen-bond acceptors (Lipinski definition) is 2. The Morgan fingerprint density at radius 2 is 0.973 bits per heavy atom. The maximum absolute atomic E-state index is 14.1. The highest BCUT2D eigenvalue weighted by molar-refractivity contribution is 5.49. The fourth-order valence-electron chi connectivity index (χ4n) is 3.04. The van der Waals surface area contributed by atoms with Crippen LogP contribution in [0, 0.1) is 0 Å². The fourth-order valence-corrected chi connectivity index (χ4v) is 3.04. The van der Waals surface area contributed by atoms with Crippen molar-refractivity contribution < 1.29 is 75.7 Å². The summed E-state index contributed by atoms with van der Waals surface area (Å²) in [6.07, 6.45) is -16.0. The van der Waals surface area contributed by atoms with Gasteiger partial charge in [-0.3, -0.25) is 0 Å². The molecule has 0 fully saturated rings. The van der Waals surface area contributed by atoms with E-state index < -0.39 is 65.9 Å². The largest absolute Gasteiger partial charge is 0.507 e. The second-order valence-corrected chi connectivity index (χ2v) is 8.63. The van der Waals surface area contributed by atoms with E-state index in [1.54, 1.807) is 0 Å². The fraction of sp³-hybridized carbons (Fsp3) is 0.700. The van der Waals surface area contributed by atoms with E-state index in [0.717, 1.165) is 12.1 Å². The van der Waals surface area contributed by atoms with Crippen LogP contribution in [0.3, 0.4) is 0 Å². The molecule has 0 aliphatic rings. The number of phenolic OH excluding ortho intramolecular Hbond substituents is 1. The van der Waals surface area contributed by atoms with Crippen molar-refractivity contribution in [2.45, 2.75) is 81.2 Å². The topological polar surface area (TPSA) is 29.5 Å². The van der Waals surface area contributed by atoms with Crippen LogP contribution < -0.4 is 4.74 Å². The molecular formula is C20H19F15O2. The van der Waals surface area contributed by atoms with Crippen molar-refractivity contribution in [3.05, 3.63) is 23.3 Å². The van der Waals surface area contributed by atoms with Crippen LogP contribution in [0.2, 0.25) is 0 Å². The highest BCUT2D eigenvalue weighted by Gasteiger charge is 2.95. The third kappa shape index (κ3) is 5.10. The summed E-state index contributed by atoms with van der Waals surface area (Å²) in [6.45, 7) is 2.86. The lowest BCUT2D eigenvalue weighted by Gasteiger charge is -2.43. The number of alkyl halides is 15. The molecule has 0 unspecified atom stereocenters. The highest BCUT2D eigenvalue weighted by atomic mass is 19.4. The van der Waals surface area contributed by atoms with Crippen molar-refractivity contribution in [3.63, 3.8) is 0 Å². The minimum Gasteiger partial charge on any atom is -0.507 e. The SMILES string of the molecule is CC(C)c1cc(OCC(F)(F)C(F)(F)C(F)(F)C(F)(F)C(F)(C(F)(F)F)C(F)(F)F)cc(C(C)C)c1O. The van der Waals surface area contributed by atoms with E-state index in [9.17, 15) is 71.0 Å². The van der Waals surface area contributed by atoms with Gasteiger partial charge in [-0.2, -0.15) is 61.5 Å². The van der Waals surface area contributed by atoms with Crippen molar-refractivity contribution in [2.75, 3.05) is 6.61 Å². The number of rotatable bonds is 9. The molecule has 0 bridgehead atoms. The summed E-state index contributed by atoms with van der Waals surface area (Å²) in [6, 6.07) is 1.54. The van der Waals surface area contributed by atoms with Gasteiger partial charge < -0.3 is 9.84 Å². The Balaban J connectivity index is 3.55. The lowest BCUT2D eigenvalue weighted by Crippen LogP contribution is -2.75. The summed E-state index contributed by atoms with van der Waals surface area (Å²) in [5.74, 6) is -33.4. The first-order valence-electron chi connectivity index (χ1n) is 9.95. The van der Waals surface area contributed by atoms with Gasteiger partial charge in [0.2, 0.25) is 0 Å². The predicted molar refractivity (Wildman–Crippen MR) is 97.5 cm³/mol. The quantitative estimate of drug-likeness (QED) is 0.300. The molecular weight excluding hydrogens is 557 g/mol. The molecule has 0 atom stereocenters. The molecule has 0 heterocycles. The van der Waals surface area contributed by atoms with Crippen LogP contribution in [-0.4, -0.2) is 53.4 Å². The van der Waals surface area contributed by atoms with E-state index in [0.29, 0.717) is 0 Å². The zero-order chi connectivity index (χ0) is 29.8. The van der Waals surface area contributed by atoms with Gasteiger partial charge in [-0.25, -0.2) is 4.39 Å². The van der Waals surface area contributed by atoms with E-state index in [-0.39, 0.29) is 16.9 Å². The van der Waals surface area contributed by atoms with E-state index in [1.165, 1.54) is 27.7 Å². The zero-order valence-corrected chi connectivity index (χ0v) is 19.0. The van der Waals surface area contributed by atoms with Crippen LogP contribution >= 0.6 is 0 Å². The minimum absolute atomic E-state index is 0.0364. The van der Waals surface area contributed by atoms with Gasteiger partial charge in [0, 0.05) is 11.1 Å². The Hall–Kier alpha value is -2.23. The van der Waals surface area contributed by atoms with E-state index in [1.807, 2.05) is 0 Å². The highest BCUT2D eigenvalue weighted by Crippen LogP contribution is 2.63. The van der Waals surface area contributed by atoms with Gasteiger partial charge in [-0.15, -0.1) is 0 Å². The Morgan fingerprint density at radius 1 is 0.622 bits per heavy atom. The first-order valence-corrected chi connectivity index (χ1v) is 9.95. The maximum atomic E-state index is 14.1. The molecule has 0 aliphatic heterocycles. The van der Waals surface area contributed by atoms with Gasteiger partial charge in [0.05, 0.1) is 0 Å². The Labute approximate surface area is 199 Å². The van der Waals surface area contributed by atoms with Crippen molar-refractivity contribution in [1.29, 1.82) is 0 Å². The predicted octanol–water partition coefficient (Wildman–Crippen LogP) is 8.39. The first-order chi connectivity index (χ1) is 16.1. The van der Waals surface area contributed by atoms with Crippen LogP contribution in [0.4, 0.5) is 65.9 Å². The molecule has 2 nitrogen and oxygen atoms in total. The van der Waals surface area contributed by atoms with Gasteiger partial charge in [-0.1, -0.05) is 27.7 Å². The molecule has 37 heavy (non-hydrogen) atoms. The second kappa shape index (κ2) is 9.50. The maximum Gasteiger partial charge on any atom is 0.438 e. The van der Waals surface area contributed by atoms with E-state index >= 15 is 0 Å². The lowest BCUT2D eigenvalue weighted by molar-refractivity contribution is -0.457. The first kappa shape index (κ1) is 32.8. The van der Waals surface area contributed by atoms with Crippen molar-refractivity contribution in [2.24, 2.45) is 0 Å². The van der Waals surface area contributed by atoms with Crippen LogP contribution in [0.15, 0.2) is 12.1 Å². The Bertz CT molecular complexity index is 918. The number of halogens is 15. The normalized spacial score (nSPS) is 15.1. The molecule has 1 aromatic carbocycles. The summed E-state index contributed by atoms with van der Waals surface area (Å²) < 4.78 is 204. The summed E-state index contributed by atoms with van der Waals surface area (Å²) in [7, 11) is 0. The number of hydrogen-bond donors (Lipinski definition) is 1. The van der Waals surface area contributed by atoms with Gasteiger partial charge in [-0.05, 0) is 24.0 Å². The monoisotopic (exact) mass is 576 g/mol. The van der Waals surface area contributed by atoms with Crippen LogP contribution in [0.1, 0.15) is 50.7 Å². The smallest absolute Gasteiger partial charge is 0.438 e. The van der Waals surface area contributed by atoms with Crippen LogP contribution in [0.25, 0.3) is 0 Å². The van der Waals surface area contributed by atoms with E-state index in [4.69, 9.17) is 0 Å². The second-order valence-electron chi connectivity index (χ2n) is 8.63. The Morgan fingerprint density at radius 3 is 1.27 bits per heavy atom. The molecule has 1 aromatic rings. The number of benzene rings is 1. The average molecular weight is 576 g/mol. The van der Waals surface area contributed by atoms with Gasteiger partial charge >= 0.3 is 41.7 Å². The molecule has 0 saturated heterocycles. The molecule has 0 aromatic heterocycles. The Kier molecular flexibility index (Phi) is 8.43. The summed E-state index contributed by atoms with van der Waals surface area (Å²) >= 11 is 0. The summed E-state index contributed by atoms with van der Waals surface area (Å²) in [5, 5.41) is 10.2. The molecule has 0 radical (unpaired) electrons. The van der Waals surface area contributed by atoms with E-state index in [2.05, 4.69) is 4.74 Å². The van der Waals surface area contributed by atoms with Crippen LogP contribution in [0.5, 0.6) is 11.5 Å². The molecule has 0 aliphatic carbocycles. The van der Waals surface area contributed by atoms with Crippen molar-refractivity contribution in [1.82, 2.24) is 0 Å². The molecule has 1 N–H and O–H groups in total. The summed E-state index contributed by atoms with van der Waals surface area (Å²) in [4.78, 5) is 0. The van der Waals surface area contributed by atoms with Gasteiger partial charge in [0.25, 0.3) is 0 Å². The average Bonchev–Trinajstić information content (AvgIpc) is 2.69. The number of phenols is 1. The van der Waals surface area contributed by atoms with Crippen molar-refractivity contribution >= 4 is 0 Å². The third-order valence-corrected chi connectivity index (χ3v) is 5.27. The molecule has 1 rings (SSSR count). The van der Waals surface area contributed by atoms with Gasteiger partial charge in [0.15, 0.2) is 6.61 Å². The molecule has 0 saturated carbocycles. The standard InChI is InChI=1S/C20H19F15O2/c1-8(2)11-5-10(6-12(9(3)4)13(11)36)37-7-14(21,22)16(24,25)18(28,29)17(26,27)15(23,19(30,31)32)20(33,34)35/h5-6,8-9,36H,7H2,1-4H3. The molecule has 216 valence electrons. The number of ether oxygens (including phenoxy) is 1. The van der Waals surface area contributed by atoms with Crippen LogP contribution in [-0.2, 0) is 0 Å². The molecule has 0 amide bonds. The zero-order valence-electron chi connectivity index (χ0n) is 19.0. The lowest BCUT2D eigenvalue weighted by atomic mass is 9.86. The summed E-state index contributed by atoms with van der Waals surface area (Å²) in [5.41, 5.74) is -8.41.